The van der Waals surface area contributed by atoms with Crippen molar-refractivity contribution >= 4 is 52.2 Å². The third-order valence-electron chi connectivity index (χ3n) is 6.11. The summed E-state index contributed by atoms with van der Waals surface area (Å²) in [5.74, 6) is -0.379. The molecule has 2 N–H and O–H groups in total. The zero-order chi connectivity index (χ0) is 26.5. The standard InChI is InChI=1S/C27H25ClN4O5S/c28-24-11-10-23(38-24)26(34)29-15-21-14-22(30-37-21)19-6-8-20(9-7-19)32-13-12-31(16-25(32)33)27(35)36-17-18-4-2-1-3-5-18/h1-11,14,21,30H,12-13,15-17H2,(H,29,34). The Bertz CT molecular complexity index is 1350. The molecule has 0 radical (unpaired) electrons. The number of piperazine rings is 1. The van der Waals surface area contributed by atoms with Gasteiger partial charge in [-0.05, 0) is 41.5 Å². The van der Waals surface area contributed by atoms with Crippen molar-refractivity contribution in [3.63, 3.8) is 0 Å². The summed E-state index contributed by atoms with van der Waals surface area (Å²) in [7, 11) is 0. The van der Waals surface area contributed by atoms with Crippen LogP contribution in [0.5, 0.6) is 0 Å². The van der Waals surface area contributed by atoms with Crippen LogP contribution in [0.2, 0.25) is 4.34 Å². The van der Waals surface area contributed by atoms with E-state index in [9.17, 15) is 14.4 Å². The molecule has 1 unspecified atom stereocenters. The van der Waals surface area contributed by atoms with E-state index in [1.54, 1.807) is 17.0 Å². The van der Waals surface area contributed by atoms with Crippen LogP contribution in [0.15, 0.2) is 72.8 Å². The molecule has 11 heteroatoms. The van der Waals surface area contributed by atoms with E-state index in [-0.39, 0.29) is 31.1 Å². The first-order valence-electron chi connectivity index (χ1n) is 12.0. The molecule has 0 bridgehead atoms. The highest BCUT2D eigenvalue weighted by Gasteiger charge is 2.29. The van der Waals surface area contributed by atoms with Crippen LogP contribution in [0.1, 0.15) is 20.8 Å². The van der Waals surface area contributed by atoms with Crippen molar-refractivity contribution in [3.8, 4) is 0 Å². The highest BCUT2D eigenvalue weighted by atomic mass is 35.5. The Hall–Kier alpha value is -3.86. The molecule has 1 atom stereocenters. The lowest BCUT2D eigenvalue weighted by molar-refractivity contribution is -0.120. The topological polar surface area (TPSA) is 100 Å². The minimum Gasteiger partial charge on any atom is -0.445 e. The summed E-state index contributed by atoms with van der Waals surface area (Å²) in [5.41, 5.74) is 6.18. The van der Waals surface area contributed by atoms with Crippen LogP contribution in [0.3, 0.4) is 0 Å². The van der Waals surface area contributed by atoms with Gasteiger partial charge in [-0.3, -0.25) is 24.8 Å². The number of hydrogen-bond donors (Lipinski definition) is 2. The lowest BCUT2D eigenvalue weighted by Crippen LogP contribution is -2.52. The van der Waals surface area contributed by atoms with Gasteiger partial charge in [-0.15, -0.1) is 11.3 Å². The molecular weight excluding hydrogens is 528 g/mol. The molecule has 2 aliphatic rings. The second-order valence-electron chi connectivity index (χ2n) is 8.71. The summed E-state index contributed by atoms with van der Waals surface area (Å²) in [4.78, 5) is 46.6. The zero-order valence-electron chi connectivity index (χ0n) is 20.3. The maximum absolute atomic E-state index is 12.8. The van der Waals surface area contributed by atoms with Crippen molar-refractivity contribution in [2.45, 2.75) is 12.7 Å². The number of thiophene rings is 1. The summed E-state index contributed by atoms with van der Waals surface area (Å²) in [6.07, 6.45) is 1.06. The lowest BCUT2D eigenvalue weighted by atomic mass is 10.1. The number of carbonyl (C=O) groups excluding carboxylic acids is 3. The van der Waals surface area contributed by atoms with Crippen molar-refractivity contribution < 1.29 is 24.0 Å². The van der Waals surface area contributed by atoms with Gasteiger partial charge in [0.2, 0.25) is 5.91 Å². The monoisotopic (exact) mass is 552 g/mol. The van der Waals surface area contributed by atoms with Crippen molar-refractivity contribution in [1.82, 2.24) is 15.7 Å². The molecule has 0 aliphatic carbocycles. The third kappa shape index (κ3) is 6.16. The maximum atomic E-state index is 12.8. The normalized spacial score (nSPS) is 17.1. The van der Waals surface area contributed by atoms with E-state index in [1.165, 1.54) is 16.2 Å². The number of ether oxygens (including phenoxy) is 1. The summed E-state index contributed by atoms with van der Waals surface area (Å²) in [6, 6.07) is 20.3. The maximum Gasteiger partial charge on any atom is 0.410 e. The first-order valence-corrected chi connectivity index (χ1v) is 13.2. The van der Waals surface area contributed by atoms with Crippen molar-refractivity contribution in [1.29, 1.82) is 0 Å². The van der Waals surface area contributed by atoms with Gasteiger partial charge in [-0.25, -0.2) is 4.79 Å². The number of nitrogens with one attached hydrogen (secondary N) is 2. The Morgan fingerprint density at radius 1 is 1.08 bits per heavy atom. The summed E-state index contributed by atoms with van der Waals surface area (Å²) < 4.78 is 5.91. The van der Waals surface area contributed by atoms with E-state index in [4.69, 9.17) is 21.2 Å². The van der Waals surface area contributed by atoms with E-state index in [0.29, 0.717) is 28.8 Å². The molecule has 38 heavy (non-hydrogen) atoms. The first kappa shape index (κ1) is 25.8. The number of hydrogen-bond acceptors (Lipinski definition) is 7. The highest BCUT2D eigenvalue weighted by molar-refractivity contribution is 7.18. The van der Waals surface area contributed by atoms with Crippen LogP contribution >= 0.6 is 22.9 Å². The van der Waals surface area contributed by atoms with Crippen LogP contribution in [0.4, 0.5) is 10.5 Å². The smallest absolute Gasteiger partial charge is 0.410 e. The second kappa shape index (κ2) is 11.7. The Balaban J connectivity index is 1.12. The molecular formula is C27H25ClN4O5S. The molecule has 0 spiro atoms. The molecule has 1 fully saturated rings. The fourth-order valence-corrected chi connectivity index (χ4v) is 5.06. The van der Waals surface area contributed by atoms with E-state index in [0.717, 1.165) is 22.5 Å². The Kier molecular flexibility index (Phi) is 7.92. The molecule has 2 aromatic carbocycles. The highest BCUT2D eigenvalue weighted by Crippen LogP contribution is 2.24. The van der Waals surface area contributed by atoms with Crippen LogP contribution in [-0.2, 0) is 21.0 Å². The summed E-state index contributed by atoms with van der Waals surface area (Å²) >= 11 is 7.11. The fraction of sp³-hybridized carbons (Fsp3) is 0.222. The van der Waals surface area contributed by atoms with E-state index < -0.39 is 6.09 Å². The van der Waals surface area contributed by atoms with Crippen LogP contribution < -0.4 is 15.7 Å². The van der Waals surface area contributed by atoms with Gasteiger partial charge in [0.1, 0.15) is 19.3 Å². The lowest BCUT2D eigenvalue weighted by Gasteiger charge is -2.33. The Morgan fingerprint density at radius 2 is 1.87 bits per heavy atom. The van der Waals surface area contributed by atoms with Gasteiger partial charge in [-0.2, -0.15) is 0 Å². The molecule has 2 aliphatic heterocycles. The first-order chi connectivity index (χ1) is 18.5. The van der Waals surface area contributed by atoms with Gasteiger partial charge in [0.15, 0.2) is 0 Å². The number of carbonyl (C=O) groups is 3. The van der Waals surface area contributed by atoms with Crippen LogP contribution in [0.25, 0.3) is 5.70 Å². The minimum atomic E-state index is -0.499. The van der Waals surface area contributed by atoms with E-state index >= 15 is 0 Å². The van der Waals surface area contributed by atoms with Crippen LogP contribution in [-0.4, -0.2) is 55.1 Å². The predicted octanol–water partition coefficient (Wildman–Crippen LogP) is 4.06. The van der Waals surface area contributed by atoms with Gasteiger partial charge in [0.05, 0.1) is 21.5 Å². The van der Waals surface area contributed by atoms with E-state index in [2.05, 4.69) is 10.8 Å². The molecule has 9 nitrogen and oxygen atoms in total. The minimum absolute atomic E-state index is 0.0407. The van der Waals surface area contributed by atoms with E-state index in [1.807, 2.05) is 60.7 Å². The van der Waals surface area contributed by atoms with Crippen molar-refractivity contribution in [2.75, 3.05) is 31.1 Å². The number of benzene rings is 2. The fourth-order valence-electron chi connectivity index (χ4n) is 4.10. The number of anilines is 1. The molecule has 3 amide bonds. The number of amides is 3. The molecule has 1 saturated heterocycles. The van der Waals surface area contributed by atoms with Crippen LogP contribution in [0, 0.1) is 0 Å². The number of halogens is 1. The van der Waals surface area contributed by atoms with Gasteiger partial charge < -0.3 is 15.0 Å². The Labute approximate surface area is 228 Å². The molecule has 3 aromatic rings. The quantitative estimate of drug-likeness (QED) is 0.458. The SMILES string of the molecule is O=C(NCC1C=C(c2ccc(N3CCN(C(=O)OCc4ccccc4)CC3=O)cc2)NO1)c1ccc(Cl)s1. The van der Waals surface area contributed by atoms with Gasteiger partial charge >= 0.3 is 6.09 Å². The van der Waals surface area contributed by atoms with Gasteiger partial charge in [0.25, 0.3) is 5.91 Å². The molecule has 5 rings (SSSR count). The summed E-state index contributed by atoms with van der Waals surface area (Å²) in [6.45, 7) is 1.18. The summed E-state index contributed by atoms with van der Waals surface area (Å²) in [5, 5.41) is 2.83. The third-order valence-corrected chi connectivity index (χ3v) is 7.34. The van der Waals surface area contributed by atoms with Gasteiger partial charge in [-0.1, -0.05) is 54.1 Å². The number of hydroxylamine groups is 1. The molecule has 0 saturated carbocycles. The average molecular weight is 553 g/mol. The Morgan fingerprint density at radius 3 is 2.58 bits per heavy atom. The number of rotatable bonds is 7. The largest absolute Gasteiger partial charge is 0.445 e. The van der Waals surface area contributed by atoms with Gasteiger partial charge in [0, 0.05) is 18.8 Å². The second-order valence-corrected chi connectivity index (χ2v) is 10.4. The van der Waals surface area contributed by atoms with Crippen molar-refractivity contribution in [2.24, 2.45) is 0 Å². The number of nitrogens with zero attached hydrogens (tertiary/aromatic N) is 2. The molecule has 196 valence electrons. The van der Waals surface area contributed by atoms with Crippen molar-refractivity contribution in [3.05, 3.63) is 93.1 Å². The molecule has 1 aromatic heterocycles. The predicted molar refractivity (Wildman–Crippen MR) is 145 cm³/mol. The average Bonchev–Trinajstić information content (AvgIpc) is 3.60. The zero-order valence-corrected chi connectivity index (χ0v) is 21.8. The molecule has 3 heterocycles.